The standard InChI is InChI=1S/C26H16O2/c1-2-9-17(10-3-1)25-18-11-4-5-12-19(18)26(28-25)21-14-8-16-23-24(21)20-13-6-7-15-22(20)27-23/h1-16H. The Morgan fingerprint density at radius 1 is 0.429 bits per heavy atom. The van der Waals surface area contributed by atoms with Crippen molar-refractivity contribution in [2.45, 2.75) is 0 Å². The second-order valence-electron chi connectivity index (χ2n) is 6.95. The second-order valence-corrected chi connectivity index (χ2v) is 6.95. The van der Waals surface area contributed by atoms with Crippen molar-refractivity contribution in [3.63, 3.8) is 0 Å². The molecule has 0 aliphatic heterocycles. The van der Waals surface area contributed by atoms with Gasteiger partial charge in [0.1, 0.15) is 22.7 Å². The average Bonchev–Trinajstić information content (AvgIpc) is 3.33. The normalized spacial score (nSPS) is 11.6. The van der Waals surface area contributed by atoms with Gasteiger partial charge in [0.05, 0.1) is 0 Å². The van der Waals surface area contributed by atoms with Crippen molar-refractivity contribution < 1.29 is 8.83 Å². The molecule has 2 nitrogen and oxygen atoms in total. The van der Waals surface area contributed by atoms with Crippen molar-refractivity contribution in [1.29, 1.82) is 0 Å². The monoisotopic (exact) mass is 360 g/mol. The van der Waals surface area contributed by atoms with Crippen LogP contribution in [0.4, 0.5) is 0 Å². The molecule has 0 N–H and O–H groups in total. The molecule has 0 amide bonds. The van der Waals surface area contributed by atoms with Crippen LogP contribution in [0, 0.1) is 0 Å². The highest BCUT2D eigenvalue weighted by Crippen LogP contribution is 2.43. The average molecular weight is 360 g/mol. The van der Waals surface area contributed by atoms with Gasteiger partial charge in [-0.15, -0.1) is 0 Å². The topological polar surface area (TPSA) is 26.3 Å². The fourth-order valence-corrected chi connectivity index (χ4v) is 4.06. The van der Waals surface area contributed by atoms with Gasteiger partial charge in [-0.1, -0.05) is 84.9 Å². The first-order valence-electron chi connectivity index (χ1n) is 9.38. The number of para-hydroxylation sites is 1. The van der Waals surface area contributed by atoms with Gasteiger partial charge in [0, 0.05) is 32.7 Å². The minimum atomic E-state index is 0.875. The third-order valence-electron chi connectivity index (χ3n) is 5.30. The number of furan rings is 2. The lowest BCUT2D eigenvalue weighted by atomic mass is 10.0. The molecule has 0 bridgehead atoms. The van der Waals surface area contributed by atoms with Gasteiger partial charge < -0.3 is 8.83 Å². The first kappa shape index (κ1) is 15.3. The molecule has 0 saturated carbocycles. The van der Waals surface area contributed by atoms with E-state index in [1.807, 2.05) is 48.5 Å². The summed E-state index contributed by atoms with van der Waals surface area (Å²) in [5.74, 6) is 1.78. The molecule has 4 aromatic carbocycles. The van der Waals surface area contributed by atoms with Crippen molar-refractivity contribution in [2.24, 2.45) is 0 Å². The Labute approximate surface area is 161 Å². The molecule has 6 rings (SSSR count). The summed E-state index contributed by atoms with van der Waals surface area (Å²) in [4.78, 5) is 0. The fourth-order valence-electron chi connectivity index (χ4n) is 4.06. The molecule has 0 aliphatic carbocycles. The lowest BCUT2D eigenvalue weighted by molar-refractivity contribution is 0.602. The highest BCUT2D eigenvalue weighted by molar-refractivity contribution is 6.15. The van der Waals surface area contributed by atoms with Gasteiger partial charge in [-0.05, 0) is 12.1 Å². The van der Waals surface area contributed by atoms with Gasteiger partial charge in [-0.3, -0.25) is 0 Å². The van der Waals surface area contributed by atoms with Crippen LogP contribution in [-0.2, 0) is 0 Å². The molecule has 0 atom stereocenters. The van der Waals surface area contributed by atoms with Crippen molar-refractivity contribution in [3.05, 3.63) is 97.1 Å². The molecule has 0 spiro atoms. The fraction of sp³-hybridized carbons (Fsp3) is 0. The van der Waals surface area contributed by atoms with Gasteiger partial charge in [0.25, 0.3) is 0 Å². The molecular weight excluding hydrogens is 344 g/mol. The van der Waals surface area contributed by atoms with E-state index in [1.54, 1.807) is 0 Å². The van der Waals surface area contributed by atoms with Crippen LogP contribution in [-0.4, -0.2) is 0 Å². The minimum absolute atomic E-state index is 0.875. The van der Waals surface area contributed by atoms with E-state index in [1.165, 1.54) is 0 Å². The van der Waals surface area contributed by atoms with Crippen molar-refractivity contribution in [2.75, 3.05) is 0 Å². The largest absolute Gasteiger partial charge is 0.456 e. The van der Waals surface area contributed by atoms with Gasteiger partial charge in [0.2, 0.25) is 0 Å². The maximum absolute atomic E-state index is 6.52. The maximum Gasteiger partial charge on any atom is 0.143 e. The molecule has 6 aromatic rings. The highest BCUT2D eigenvalue weighted by atomic mass is 16.3. The van der Waals surface area contributed by atoms with Crippen LogP contribution in [0.25, 0.3) is 55.4 Å². The summed E-state index contributed by atoms with van der Waals surface area (Å²) in [6.07, 6.45) is 0. The smallest absolute Gasteiger partial charge is 0.143 e. The number of rotatable bonds is 2. The molecule has 0 fully saturated rings. The number of benzene rings is 4. The Morgan fingerprint density at radius 3 is 1.89 bits per heavy atom. The molecule has 28 heavy (non-hydrogen) atoms. The number of fused-ring (bicyclic) bond motifs is 4. The second kappa shape index (κ2) is 5.86. The molecule has 0 saturated heterocycles. The van der Waals surface area contributed by atoms with Crippen LogP contribution in [0.15, 0.2) is 106 Å². The van der Waals surface area contributed by atoms with Gasteiger partial charge in [0.15, 0.2) is 0 Å². The van der Waals surface area contributed by atoms with E-state index in [0.29, 0.717) is 0 Å². The Morgan fingerprint density at radius 2 is 1.07 bits per heavy atom. The summed E-state index contributed by atoms with van der Waals surface area (Å²) < 4.78 is 12.6. The summed E-state index contributed by atoms with van der Waals surface area (Å²) >= 11 is 0. The molecule has 2 heteroatoms. The maximum atomic E-state index is 6.52. The SMILES string of the molecule is c1ccc(-c2oc(-c3cccc4oc5ccccc5c34)c3ccccc23)cc1. The van der Waals surface area contributed by atoms with Crippen LogP contribution in [0.5, 0.6) is 0 Å². The summed E-state index contributed by atoms with van der Waals surface area (Å²) in [7, 11) is 0. The molecule has 0 unspecified atom stereocenters. The third-order valence-corrected chi connectivity index (χ3v) is 5.30. The lowest BCUT2D eigenvalue weighted by Gasteiger charge is -2.01. The zero-order valence-corrected chi connectivity index (χ0v) is 15.1. The number of hydrogen-bond donors (Lipinski definition) is 0. The Kier molecular flexibility index (Phi) is 3.20. The van der Waals surface area contributed by atoms with Gasteiger partial charge in [-0.2, -0.15) is 0 Å². The van der Waals surface area contributed by atoms with Crippen molar-refractivity contribution >= 4 is 32.7 Å². The first-order chi connectivity index (χ1) is 13.9. The predicted octanol–water partition coefficient (Wildman–Crippen LogP) is 7.67. The molecular formula is C26H16O2. The third kappa shape index (κ3) is 2.15. The van der Waals surface area contributed by atoms with E-state index < -0.39 is 0 Å². The Bertz CT molecular complexity index is 1450. The summed E-state index contributed by atoms with van der Waals surface area (Å²) in [6, 6.07) is 33.0. The van der Waals surface area contributed by atoms with E-state index in [-0.39, 0.29) is 0 Å². The summed E-state index contributed by atoms with van der Waals surface area (Å²) in [6.45, 7) is 0. The van der Waals surface area contributed by atoms with E-state index in [4.69, 9.17) is 8.83 Å². The number of hydrogen-bond acceptors (Lipinski definition) is 2. The predicted molar refractivity (Wildman–Crippen MR) is 114 cm³/mol. The minimum Gasteiger partial charge on any atom is -0.456 e. The Hall–Kier alpha value is -3.78. The van der Waals surface area contributed by atoms with Crippen LogP contribution in [0.1, 0.15) is 0 Å². The van der Waals surface area contributed by atoms with Gasteiger partial charge in [-0.25, -0.2) is 0 Å². The van der Waals surface area contributed by atoms with Crippen molar-refractivity contribution in [1.82, 2.24) is 0 Å². The zero-order valence-electron chi connectivity index (χ0n) is 15.1. The highest BCUT2D eigenvalue weighted by Gasteiger charge is 2.19. The van der Waals surface area contributed by atoms with E-state index >= 15 is 0 Å². The Balaban J connectivity index is 1.73. The summed E-state index contributed by atoms with van der Waals surface area (Å²) in [5, 5.41) is 4.43. The van der Waals surface area contributed by atoms with Crippen LogP contribution in [0.2, 0.25) is 0 Å². The first-order valence-corrected chi connectivity index (χ1v) is 9.38. The van der Waals surface area contributed by atoms with Crippen LogP contribution < -0.4 is 0 Å². The van der Waals surface area contributed by atoms with Gasteiger partial charge >= 0.3 is 0 Å². The quantitative estimate of drug-likeness (QED) is 0.317. The summed E-state index contributed by atoms with van der Waals surface area (Å²) in [5.41, 5.74) is 3.90. The molecule has 0 aliphatic rings. The van der Waals surface area contributed by atoms with Crippen molar-refractivity contribution in [3.8, 4) is 22.6 Å². The zero-order chi connectivity index (χ0) is 18.5. The molecule has 2 heterocycles. The molecule has 132 valence electrons. The molecule has 0 radical (unpaired) electrons. The van der Waals surface area contributed by atoms with Crippen LogP contribution >= 0.6 is 0 Å². The van der Waals surface area contributed by atoms with E-state index in [0.717, 1.165) is 55.4 Å². The van der Waals surface area contributed by atoms with E-state index in [2.05, 4.69) is 48.5 Å². The lowest BCUT2D eigenvalue weighted by Crippen LogP contribution is -1.77. The van der Waals surface area contributed by atoms with Crippen LogP contribution in [0.3, 0.4) is 0 Å². The molecule has 2 aromatic heterocycles. The van der Waals surface area contributed by atoms with E-state index in [9.17, 15) is 0 Å².